The first kappa shape index (κ1) is 19.9. The van der Waals surface area contributed by atoms with Gasteiger partial charge in [-0.2, -0.15) is 4.31 Å². The largest absolute Gasteiger partial charge is 0.495 e. The molecule has 1 aliphatic heterocycles. The standard InChI is InChI=1S/C17H19ClN2O5S2/c1-24-13-10-14(25-2)12(9-11(13)18)19-17(21)15-5-6-16(26-15)27(22,23)20-7-3-4-8-20/h5-6,9-10H,3-4,7-8H2,1-2H3,(H,19,21). The minimum Gasteiger partial charge on any atom is -0.495 e. The van der Waals surface area contributed by atoms with Gasteiger partial charge in [0.15, 0.2) is 0 Å². The first-order chi connectivity index (χ1) is 12.9. The molecule has 1 N–H and O–H groups in total. The fourth-order valence-corrected chi connectivity index (χ4v) is 5.89. The van der Waals surface area contributed by atoms with E-state index in [1.165, 1.54) is 36.7 Å². The maximum Gasteiger partial charge on any atom is 0.265 e. The lowest BCUT2D eigenvalue weighted by Crippen LogP contribution is -2.27. The Bertz CT molecular complexity index is 952. The van der Waals surface area contributed by atoms with Gasteiger partial charge in [0.1, 0.15) is 15.7 Å². The normalized spacial score (nSPS) is 14.9. The summed E-state index contributed by atoms with van der Waals surface area (Å²) in [6.45, 7) is 1.03. The fraction of sp³-hybridized carbons (Fsp3) is 0.353. The third kappa shape index (κ3) is 4.06. The van der Waals surface area contributed by atoms with Crippen LogP contribution in [0, 0.1) is 0 Å². The third-order valence-corrected chi connectivity index (χ3v) is 7.93. The molecule has 2 aromatic rings. The summed E-state index contributed by atoms with van der Waals surface area (Å²) in [6, 6.07) is 6.05. The molecule has 2 heterocycles. The topological polar surface area (TPSA) is 84.9 Å². The number of amides is 1. The summed E-state index contributed by atoms with van der Waals surface area (Å²) in [5, 5.41) is 3.02. The van der Waals surface area contributed by atoms with E-state index in [2.05, 4.69) is 5.32 Å². The van der Waals surface area contributed by atoms with Crippen LogP contribution in [0.15, 0.2) is 28.5 Å². The average Bonchev–Trinajstić information content (AvgIpc) is 3.34. The SMILES string of the molecule is COc1cc(OC)c(NC(=O)c2ccc(S(=O)(=O)N3CCCC3)s2)cc1Cl. The molecule has 0 unspecified atom stereocenters. The monoisotopic (exact) mass is 430 g/mol. The lowest BCUT2D eigenvalue weighted by atomic mass is 10.2. The van der Waals surface area contributed by atoms with Crippen molar-refractivity contribution in [3.05, 3.63) is 34.2 Å². The average molecular weight is 431 g/mol. The van der Waals surface area contributed by atoms with E-state index in [9.17, 15) is 13.2 Å². The van der Waals surface area contributed by atoms with Crippen LogP contribution < -0.4 is 14.8 Å². The van der Waals surface area contributed by atoms with Gasteiger partial charge in [-0.15, -0.1) is 11.3 Å². The Morgan fingerprint density at radius 1 is 1.15 bits per heavy atom. The number of anilines is 1. The molecule has 7 nitrogen and oxygen atoms in total. The number of thiophene rings is 1. The molecule has 10 heteroatoms. The molecule has 0 spiro atoms. The zero-order valence-corrected chi connectivity index (χ0v) is 17.2. The van der Waals surface area contributed by atoms with Crippen LogP contribution in [-0.2, 0) is 10.0 Å². The van der Waals surface area contributed by atoms with E-state index in [0.717, 1.165) is 24.2 Å². The van der Waals surface area contributed by atoms with Gasteiger partial charge >= 0.3 is 0 Å². The van der Waals surface area contributed by atoms with Crippen LogP contribution in [0.2, 0.25) is 5.02 Å². The molecular formula is C17H19ClN2O5S2. The summed E-state index contributed by atoms with van der Waals surface area (Å²) >= 11 is 7.05. The van der Waals surface area contributed by atoms with Gasteiger partial charge in [-0.3, -0.25) is 4.79 Å². The van der Waals surface area contributed by atoms with Crippen LogP contribution in [0.1, 0.15) is 22.5 Å². The van der Waals surface area contributed by atoms with Gasteiger partial charge in [-0.1, -0.05) is 11.6 Å². The number of hydrogen-bond acceptors (Lipinski definition) is 6. The highest BCUT2D eigenvalue weighted by molar-refractivity contribution is 7.91. The quantitative estimate of drug-likeness (QED) is 0.758. The fourth-order valence-electron chi connectivity index (χ4n) is 2.78. The lowest BCUT2D eigenvalue weighted by Gasteiger charge is -2.13. The molecule has 0 bridgehead atoms. The number of hydrogen-bond donors (Lipinski definition) is 1. The van der Waals surface area contributed by atoms with Crippen molar-refractivity contribution in [1.82, 2.24) is 4.31 Å². The summed E-state index contributed by atoms with van der Waals surface area (Å²) < 4.78 is 37.2. The zero-order valence-electron chi connectivity index (χ0n) is 14.8. The number of halogens is 1. The van der Waals surface area contributed by atoms with Gasteiger partial charge in [0.05, 0.1) is 29.8 Å². The van der Waals surface area contributed by atoms with Gasteiger partial charge in [0.2, 0.25) is 0 Å². The molecule has 1 aromatic carbocycles. The number of rotatable bonds is 6. The highest BCUT2D eigenvalue weighted by atomic mass is 35.5. The van der Waals surface area contributed by atoms with Crippen molar-refractivity contribution in [3.63, 3.8) is 0 Å². The van der Waals surface area contributed by atoms with Crippen molar-refractivity contribution < 1.29 is 22.7 Å². The van der Waals surface area contributed by atoms with Crippen molar-refractivity contribution in [1.29, 1.82) is 0 Å². The summed E-state index contributed by atoms with van der Waals surface area (Å²) in [7, 11) is -0.602. The second-order valence-corrected chi connectivity index (χ2v) is 9.53. The minimum absolute atomic E-state index is 0.161. The summed E-state index contributed by atoms with van der Waals surface area (Å²) in [5.74, 6) is 0.357. The van der Waals surface area contributed by atoms with Gasteiger partial charge in [0, 0.05) is 19.2 Å². The van der Waals surface area contributed by atoms with Crippen molar-refractivity contribution in [2.75, 3.05) is 32.6 Å². The number of nitrogens with zero attached hydrogens (tertiary/aromatic N) is 1. The van der Waals surface area contributed by atoms with E-state index < -0.39 is 15.9 Å². The van der Waals surface area contributed by atoms with E-state index in [-0.39, 0.29) is 9.09 Å². The summed E-state index contributed by atoms with van der Waals surface area (Å²) in [4.78, 5) is 12.8. The number of benzene rings is 1. The molecule has 27 heavy (non-hydrogen) atoms. The Labute approximate surface area is 166 Å². The highest BCUT2D eigenvalue weighted by Crippen LogP contribution is 2.36. The molecule has 1 aliphatic rings. The first-order valence-electron chi connectivity index (χ1n) is 8.19. The molecule has 0 atom stereocenters. The number of sulfonamides is 1. The molecule has 1 amide bonds. The van der Waals surface area contributed by atoms with E-state index in [0.29, 0.717) is 35.3 Å². The van der Waals surface area contributed by atoms with Gasteiger partial charge in [-0.25, -0.2) is 8.42 Å². The predicted octanol–water partition coefficient (Wildman–Crippen LogP) is 3.46. The van der Waals surface area contributed by atoms with Crippen LogP contribution in [0.25, 0.3) is 0 Å². The number of carbonyl (C=O) groups is 1. The molecule has 1 fully saturated rings. The summed E-state index contributed by atoms with van der Waals surface area (Å²) in [6.07, 6.45) is 1.71. The van der Waals surface area contributed by atoms with Gasteiger partial charge in [0.25, 0.3) is 15.9 Å². The maximum atomic E-state index is 12.6. The molecule has 0 radical (unpaired) electrons. The molecule has 146 valence electrons. The van der Waals surface area contributed by atoms with Crippen LogP contribution >= 0.6 is 22.9 Å². The van der Waals surface area contributed by atoms with Crippen molar-refractivity contribution >= 4 is 44.6 Å². The Morgan fingerprint density at radius 2 is 1.81 bits per heavy atom. The number of ether oxygens (including phenoxy) is 2. The second-order valence-electron chi connectivity index (χ2n) is 5.87. The highest BCUT2D eigenvalue weighted by Gasteiger charge is 2.29. The predicted molar refractivity (Wildman–Crippen MR) is 105 cm³/mol. The molecule has 1 saturated heterocycles. The van der Waals surface area contributed by atoms with E-state index in [4.69, 9.17) is 21.1 Å². The van der Waals surface area contributed by atoms with E-state index >= 15 is 0 Å². The molecule has 3 rings (SSSR count). The number of nitrogens with one attached hydrogen (secondary N) is 1. The minimum atomic E-state index is -3.54. The molecular weight excluding hydrogens is 412 g/mol. The van der Waals surface area contributed by atoms with Gasteiger partial charge < -0.3 is 14.8 Å². The van der Waals surface area contributed by atoms with Crippen molar-refractivity contribution in [3.8, 4) is 11.5 Å². The van der Waals surface area contributed by atoms with Crippen molar-refractivity contribution in [2.24, 2.45) is 0 Å². The van der Waals surface area contributed by atoms with Gasteiger partial charge in [-0.05, 0) is 31.0 Å². The number of methoxy groups -OCH3 is 2. The Morgan fingerprint density at radius 3 is 2.44 bits per heavy atom. The second kappa shape index (κ2) is 8.05. The number of carbonyl (C=O) groups excluding carboxylic acids is 1. The van der Waals surface area contributed by atoms with Crippen LogP contribution in [0.3, 0.4) is 0 Å². The van der Waals surface area contributed by atoms with Crippen molar-refractivity contribution in [2.45, 2.75) is 17.1 Å². The third-order valence-electron chi connectivity index (χ3n) is 4.19. The molecule has 1 aromatic heterocycles. The van der Waals surface area contributed by atoms with E-state index in [1.54, 1.807) is 6.07 Å². The van der Waals surface area contributed by atoms with Crippen LogP contribution in [0.5, 0.6) is 11.5 Å². The van der Waals surface area contributed by atoms with Crippen LogP contribution in [0.4, 0.5) is 5.69 Å². The zero-order chi connectivity index (χ0) is 19.6. The first-order valence-corrected chi connectivity index (χ1v) is 10.8. The Kier molecular flexibility index (Phi) is 5.95. The maximum absolute atomic E-state index is 12.6. The molecule has 0 aliphatic carbocycles. The lowest BCUT2D eigenvalue weighted by molar-refractivity contribution is 0.103. The van der Waals surface area contributed by atoms with E-state index in [1.807, 2.05) is 0 Å². The van der Waals surface area contributed by atoms with Crippen LogP contribution in [-0.4, -0.2) is 45.9 Å². The Balaban J connectivity index is 1.82. The summed E-state index contributed by atoms with van der Waals surface area (Å²) in [5.41, 5.74) is 0.366. The smallest absolute Gasteiger partial charge is 0.265 e. The Hall–Kier alpha value is -1.81. The molecule has 0 saturated carbocycles.